The van der Waals surface area contributed by atoms with Gasteiger partial charge in [0.1, 0.15) is 5.82 Å². The maximum atomic E-state index is 14.4. The van der Waals surface area contributed by atoms with Crippen LogP contribution in [-0.2, 0) is 4.79 Å². The molecule has 0 radical (unpaired) electrons. The highest BCUT2D eigenvalue weighted by Crippen LogP contribution is 2.31. The summed E-state index contributed by atoms with van der Waals surface area (Å²) in [6.45, 7) is 6.58. The van der Waals surface area contributed by atoms with Gasteiger partial charge in [-0.3, -0.25) is 9.79 Å². The highest BCUT2D eigenvalue weighted by Gasteiger charge is 2.23. The first-order valence-electron chi connectivity index (χ1n) is 8.05. The van der Waals surface area contributed by atoms with Crippen LogP contribution < -0.4 is 4.90 Å². The number of benzodiazepines with no additional fused rings is 1. The molecule has 0 atom stereocenters. The van der Waals surface area contributed by atoms with Gasteiger partial charge >= 0.3 is 5.97 Å². The van der Waals surface area contributed by atoms with E-state index in [1.807, 2.05) is 30.0 Å². The first kappa shape index (κ1) is 16.9. The number of hydrogen-bond acceptors (Lipinski definition) is 3. The van der Waals surface area contributed by atoms with Crippen molar-refractivity contribution in [2.75, 3.05) is 18.0 Å². The van der Waals surface area contributed by atoms with Crippen molar-refractivity contribution in [3.8, 4) is 0 Å². The summed E-state index contributed by atoms with van der Waals surface area (Å²) in [5.41, 5.74) is 4.30. The van der Waals surface area contributed by atoms with Crippen molar-refractivity contribution >= 4 is 17.4 Å². The number of hydrogen-bond donors (Lipinski definition) is 1. The number of nitrogens with zero attached hydrogens (tertiary/aromatic N) is 2. The first-order valence-corrected chi connectivity index (χ1v) is 8.05. The fraction of sp³-hybridized carbons (Fsp3) is 0.200. The number of rotatable bonds is 4. The minimum Gasteiger partial charge on any atom is -0.481 e. The van der Waals surface area contributed by atoms with Crippen molar-refractivity contribution in [2.45, 2.75) is 13.3 Å². The molecule has 2 aromatic rings. The van der Waals surface area contributed by atoms with Gasteiger partial charge < -0.3 is 10.0 Å². The predicted molar refractivity (Wildman–Crippen MR) is 96.8 cm³/mol. The minimum absolute atomic E-state index is 0.0125. The summed E-state index contributed by atoms with van der Waals surface area (Å²) in [6, 6.07) is 12.4. The van der Waals surface area contributed by atoms with Gasteiger partial charge in [0.15, 0.2) is 0 Å². The second kappa shape index (κ2) is 6.89. The SMILES string of the molecule is C=C1CN=C(c2ccccc2F)c2cc(C)ccc2N1CCC(=O)O. The number of halogens is 1. The van der Waals surface area contributed by atoms with Crippen LogP contribution in [0.5, 0.6) is 0 Å². The third-order valence-electron chi connectivity index (χ3n) is 4.18. The lowest BCUT2D eigenvalue weighted by Gasteiger charge is -2.26. The van der Waals surface area contributed by atoms with Gasteiger partial charge in [-0.2, -0.15) is 0 Å². The van der Waals surface area contributed by atoms with Crippen LogP contribution in [0.3, 0.4) is 0 Å². The van der Waals surface area contributed by atoms with Gasteiger partial charge in [-0.25, -0.2) is 4.39 Å². The maximum absolute atomic E-state index is 14.4. The van der Waals surface area contributed by atoms with Crippen molar-refractivity contribution in [1.82, 2.24) is 0 Å². The molecule has 0 bridgehead atoms. The molecule has 0 spiro atoms. The number of aliphatic carboxylic acids is 1. The fourth-order valence-corrected chi connectivity index (χ4v) is 2.96. The molecule has 1 heterocycles. The molecule has 128 valence electrons. The Morgan fingerprint density at radius 2 is 2.04 bits per heavy atom. The fourth-order valence-electron chi connectivity index (χ4n) is 2.96. The van der Waals surface area contributed by atoms with E-state index in [0.29, 0.717) is 23.5 Å². The van der Waals surface area contributed by atoms with Gasteiger partial charge in [-0.1, -0.05) is 30.3 Å². The summed E-state index contributed by atoms with van der Waals surface area (Å²) in [4.78, 5) is 17.4. The number of carboxylic acids is 1. The van der Waals surface area contributed by atoms with E-state index in [4.69, 9.17) is 5.11 Å². The average molecular weight is 338 g/mol. The molecule has 25 heavy (non-hydrogen) atoms. The Bertz CT molecular complexity index is 874. The largest absolute Gasteiger partial charge is 0.481 e. The molecule has 0 unspecified atom stereocenters. The Labute approximate surface area is 145 Å². The molecule has 0 saturated heterocycles. The lowest BCUT2D eigenvalue weighted by atomic mass is 9.98. The van der Waals surface area contributed by atoms with Gasteiger partial charge in [0.05, 0.1) is 24.4 Å². The van der Waals surface area contributed by atoms with Crippen LogP contribution in [0.15, 0.2) is 59.7 Å². The lowest BCUT2D eigenvalue weighted by molar-refractivity contribution is -0.136. The predicted octanol–water partition coefficient (Wildman–Crippen LogP) is 3.78. The second-order valence-electron chi connectivity index (χ2n) is 6.03. The number of aliphatic imine (C=N–C) groups is 1. The molecule has 1 aliphatic rings. The summed E-state index contributed by atoms with van der Waals surface area (Å²) < 4.78 is 14.4. The van der Waals surface area contributed by atoms with Crippen molar-refractivity contribution in [3.05, 3.63) is 77.2 Å². The molecule has 1 N–H and O–H groups in total. The number of benzene rings is 2. The van der Waals surface area contributed by atoms with E-state index in [2.05, 4.69) is 11.6 Å². The van der Waals surface area contributed by atoms with Gasteiger partial charge in [0.25, 0.3) is 0 Å². The minimum atomic E-state index is -0.874. The number of anilines is 1. The van der Waals surface area contributed by atoms with Crippen molar-refractivity contribution < 1.29 is 14.3 Å². The van der Waals surface area contributed by atoms with E-state index < -0.39 is 5.97 Å². The lowest BCUT2D eigenvalue weighted by Crippen LogP contribution is -2.26. The average Bonchev–Trinajstić information content (AvgIpc) is 2.70. The van der Waals surface area contributed by atoms with Gasteiger partial charge in [0.2, 0.25) is 0 Å². The van der Waals surface area contributed by atoms with Crippen molar-refractivity contribution in [3.63, 3.8) is 0 Å². The molecule has 0 amide bonds. The van der Waals surface area contributed by atoms with Crippen LogP contribution in [0.25, 0.3) is 0 Å². The Morgan fingerprint density at radius 1 is 1.28 bits per heavy atom. The van der Waals surface area contributed by atoms with Crippen LogP contribution in [0.1, 0.15) is 23.1 Å². The zero-order chi connectivity index (χ0) is 18.0. The van der Waals surface area contributed by atoms with Crippen LogP contribution >= 0.6 is 0 Å². The first-order chi connectivity index (χ1) is 12.0. The summed E-state index contributed by atoms with van der Waals surface area (Å²) >= 11 is 0. The summed E-state index contributed by atoms with van der Waals surface area (Å²) in [6.07, 6.45) is -0.0125. The zero-order valence-corrected chi connectivity index (χ0v) is 14.0. The normalized spacial score (nSPS) is 13.9. The Balaban J connectivity index is 2.14. The van der Waals surface area contributed by atoms with E-state index in [-0.39, 0.29) is 18.8 Å². The number of fused-ring (bicyclic) bond motifs is 1. The topological polar surface area (TPSA) is 52.9 Å². The Hall–Kier alpha value is -2.95. The van der Waals surface area contributed by atoms with Gasteiger partial charge in [-0.15, -0.1) is 0 Å². The van der Waals surface area contributed by atoms with E-state index in [9.17, 15) is 9.18 Å². The summed E-state index contributed by atoms with van der Waals surface area (Å²) in [7, 11) is 0. The van der Waals surface area contributed by atoms with E-state index >= 15 is 0 Å². The molecule has 4 nitrogen and oxygen atoms in total. The molecule has 0 aliphatic carbocycles. The second-order valence-corrected chi connectivity index (χ2v) is 6.03. The van der Waals surface area contributed by atoms with Gasteiger partial charge in [0, 0.05) is 23.4 Å². The van der Waals surface area contributed by atoms with E-state index in [0.717, 1.165) is 16.8 Å². The number of carbonyl (C=O) groups is 1. The summed E-state index contributed by atoms with van der Waals surface area (Å²) in [5.74, 6) is -1.21. The molecule has 0 aromatic heterocycles. The number of carboxylic acid groups (broad SMARTS) is 1. The smallest absolute Gasteiger partial charge is 0.305 e. The van der Waals surface area contributed by atoms with Crippen molar-refractivity contribution in [2.24, 2.45) is 4.99 Å². The molecule has 0 saturated carbocycles. The number of aryl methyl sites for hydroxylation is 1. The van der Waals surface area contributed by atoms with Crippen LogP contribution in [-0.4, -0.2) is 29.9 Å². The third-order valence-corrected chi connectivity index (χ3v) is 4.18. The molecular weight excluding hydrogens is 319 g/mol. The quantitative estimate of drug-likeness (QED) is 0.923. The maximum Gasteiger partial charge on any atom is 0.305 e. The van der Waals surface area contributed by atoms with E-state index in [1.165, 1.54) is 6.07 Å². The molecular formula is C20H19FN2O2. The highest BCUT2D eigenvalue weighted by atomic mass is 19.1. The molecule has 0 fully saturated rings. The molecule has 3 rings (SSSR count). The standard InChI is InChI=1S/C20H19FN2O2/c1-13-7-8-18-16(11-13)20(15-5-3-4-6-17(15)21)22-12-14(2)23(18)10-9-19(24)25/h3-8,11H,2,9-10,12H2,1H3,(H,24,25). The Kier molecular flexibility index (Phi) is 4.65. The summed E-state index contributed by atoms with van der Waals surface area (Å²) in [5, 5.41) is 9.02. The molecule has 1 aliphatic heterocycles. The van der Waals surface area contributed by atoms with Crippen LogP contribution in [0.2, 0.25) is 0 Å². The van der Waals surface area contributed by atoms with E-state index in [1.54, 1.807) is 18.2 Å². The highest BCUT2D eigenvalue weighted by molar-refractivity contribution is 6.16. The van der Waals surface area contributed by atoms with Crippen LogP contribution in [0.4, 0.5) is 10.1 Å². The molecule has 2 aromatic carbocycles. The Morgan fingerprint density at radius 3 is 2.76 bits per heavy atom. The monoisotopic (exact) mass is 338 g/mol. The zero-order valence-electron chi connectivity index (χ0n) is 14.0. The molecule has 5 heteroatoms. The van der Waals surface area contributed by atoms with Crippen molar-refractivity contribution in [1.29, 1.82) is 0 Å². The van der Waals surface area contributed by atoms with Gasteiger partial charge in [-0.05, 0) is 31.2 Å². The van der Waals surface area contributed by atoms with Crippen LogP contribution in [0, 0.1) is 12.7 Å². The third kappa shape index (κ3) is 3.45.